The predicted octanol–water partition coefficient (Wildman–Crippen LogP) is 3.48. The molecule has 0 aliphatic rings. The Morgan fingerprint density at radius 1 is 1.20 bits per heavy atom. The summed E-state index contributed by atoms with van der Waals surface area (Å²) in [5, 5.41) is 6.08. The number of aryl methyl sites for hydroxylation is 1. The van der Waals surface area contributed by atoms with Gasteiger partial charge in [0.1, 0.15) is 5.01 Å². The zero-order valence-electron chi connectivity index (χ0n) is 13.9. The van der Waals surface area contributed by atoms with Gasteiger partial charge >= 0.3 is 5.97 Å². The molecule has 0 saturated carbocycles. The van der Waals surface area contributed by atoms with E-state index in [0.717, 1.165) is 11.3 Å². The monoisotopic (exact) mass is 360 g/mol. The first-order valence-electron chi connectivity index (χ1n) is 7.38. The van der Waals surface area contributed by atoms with E-state index in [9.17, 15) is 4.79 Å². The first-order valence-corrected chi connectivity index (χ1v) is 8.26. The highest BCUT2D eigenvalue weighted by Crippen LogP contribution is 2.33. The number of ether oxygens (including phenoxy) is 3. The Labute approximate surface area is 148 Å². The van der Waals surface area contributed by atoms with Gasteiger partial charge in [-0.2, -0.15) is 0 Å². The predicted molar refractivity (Wildman–Crippen MR) is 91.0 cm³/mol. The highest BCUT2D eigenvalue weighted by atomic mass is 32.1. The van der Waals surface area contributed by atoms with Gasteiger partial charge in [-0.05, 0) is 25.1 Å². The van der Waals surface area contributed by atoms with E-state index in [2.05, 4.69) is 10.1 Å². The van der Waals surface area contributed by atoms with Crippen molar-refractivity contribution in [2.45, 2.75) is 13.5 Å². The van der Waals surface area contributed by atoms with Crippen molar-refractivity contribution in [2.24, 2.45) is 0 Å². The van der Waals surface area contributed by atoms with Crippen LogP contribution in [0.5, 0.6) is 11.5 Å². The maximum Gasteiger partial charge on any atom is 0.358 e. The van der Waals surface area contributed by atoms with Gasteiger partial charge in [0, 0.05) is 17.0 Å². The molecule has 0 unspecified atom stereocenters. The minimum atomic E-state index is -0.517. The van der Waals surface area contributed by atoms with Crippen LogP contribution in [0.4, 0.5) is 0 Å². The zero-order chi connectivity index (χ0) is 17.8. The van der Waals surface area contributed by atoms with Crippen LogP contribution in [-0.2, 0) is 11.3 Å². The van der Waals surface area contributed by atoms with Gasteiger partial charge < -0.3 is 18.7 Å². The minimum Gasteiger partial charge on any atom is -0.493 e. The molecule has 0 spiro atoms. The third-order valence-corrected chi connectivity index (χ3v) is 4.26. The molecular weight excluding hydrogens is 344 g/mol. The number of aromatic nitrogens is 2. The molecule has 3 rings (SSSR count). The van der Waals surface area contributed by atoms with E-state index in [1.165, 1.54) is 11.3 Å². The third kappa shape index (κ3) is 3.80. The van der Waals surface area contributed by atoms with Crippen LogP contribution in [0.25, 0.3) is 10.6 Å². The van der Waals surface area contributed by atoms with Crippen LogP contribution < -0.4 is 9.47 Å². The molecule has 0 N–H and O–H groups in total. The molecule has 2 heterocycles. The quantitative estimate of drug-likeness (QED) is 0.622. The van der Waals surface area contributed by atoms with Gasteiger partial charge in [-0.3, -0.25) is 0 Å². The third-order valence-electron chi connectivity index (χ3n) is 3.37. The average molecular weight is 360 g/mol. The van der Waals surface area contributed by atoms with Gasteiger partial charge in [-0.25, -0.2) is 9.78 Å². The molecule has 1 aromatic carbocycles. The summed E-state index contributed by atoms with van der Waals surface area (Å²) in [6, 6.07) is 7.17. The molecule has 130 valence electrons. The molecule has 0 fully saturated rings. The summed E-state index contributed by atoms with van der Waals surface area (Å²) in [5.41, 5.74) is 1.80. The molecule has 0 bridgehead atoms. The van der Waals surface area contributed by atoms with E-state index in [4.69, 9.17) is 18.7 Å². The molecule has 0 aliphatic heterocycles. The standard InChI is InChI=1S/C17H16N2O5S/c1-10-6-12(24-19-10)8-23-17(20)13-9-25-16(18-13)11-4-5-14(21-2)15(7-11)22-3/h4-7,9H,8H2,1-3H3. The Morgan fingerprint density at radius 2 is 2.00 bits per heavy atom. The number of hydrogen-bond acceptors (Lipinski definition) is 8. The van der Waals surface area contributed by atoms with Crippen molar-refractivity contribution in [1.82, 2.24) is 10.1 Å². The van der Waals surface area contributed by atoms with Crippen LogP contribution in [0.15, 0.2) is 34.2 Å². The van der Waals surface area contributed by atoms with Crippen LogP contribution in [0, 0.1) is 6.92 Å². The van der Waals surface area contributed by atoms with Crippen LogP contribution in [0.2, 0.25) is 0 Å². The summed E-state index contributed by atoms with van der Waals surface area (Å²) < 4.78 is 20.7. The SMILES string of the molecule is COc1ccc(-c2nc(C(=O)OCc3cc(C)no3)cs2)cc1OC. The number of carbonyl (C=O) groups is 1. The fraction of sp³-hybridized carbons (Fsp3) is 0.235. The summed E-state index contributed by atoms with van der Waals surface area (Å²) in [5.74, 6) is 1.20. The van der Waals surface area contributed by atoms with Crippen LogP contribution in [0.3, 0.4) is 0 Å². The lowest BCUT2D eigenvalue weighted by atomic mass is 10.2. The number of esters is 1. The largest absolute Gasteiger partial charge is 0.493 e. The van der Waals surface area contributed by atoms with Crippen molar-refractivity contribution in [2.75, 3.05) is 14.2 Å². The van der Waals surface area contributed by atoms with Crippen molar-refractivity contribution in [3.8, 4) is 22.1 Å². The number of thiazole rings is 1. The van der Waals surface area contributed by atoms with E-state index >= 15 is 0 Å². The van der Waals surface area contributed by atoms with Gasteiger partial charge in [0.15, 0.2) is 29.6 Å². The van der Waals surface area contributed by atoms with Crippen LogP contribution >= 0.6 is 11.3 Å². The van der Waals surface area contributed by atoms with E-state index in [1.54, 1.807) is 38.7 Å². The molecule has 0 aliphatic carbocycles. The minimum absolute atomic E-state index is 0.0168. The maximum absolute atomic E-state index is 12.1. The number of nitrogens with zero attached hydrogens (tertiary/aromatic N) is 2. The summed E-state index contributed by atoms with van der Waals surface area (Å²) in [6.45, 7) is 1.81. The Bertz CT molecular complexity index is 887. The molecule has 0 saturated heterocycles. The van der Waals surface area contributed by atoms with Gasteiger partial charge in [-0.15, -0.1) is 11.3 Å². The van der Waals surface area contributed by atoms with E-state index in [-0.39, 0.29) is 12.3 Å². The fourth-order valence-electron chi connectivity index (χ4n) is 2.16. The van der Waals surface area contributed by atoms with Gasteiger partial charge in [-0.1, -0.05) is 5.16 Å². The smallest absolute Gasteiger partial charge is 0.358 e. The summed E-state index contributed by atoms with van der Waals surface area (Å²) in [6.07, 6.45) is 0. The van der Waals surface area contributed by atoms with Gasteiger partial charge in [0.25, 0.3) is 0 Å². The van der Waals surface area contributed by atoms with Crippen molar-refractivity contribution >= 4 is 17.3 Å². The number of hydrogen-bond donors (Lipinski definition) is 0. The Hall–Kier alpha value is -2.87. The van der Waals surface area contributed by atoms with Crippen LogP contribution in [0.1, 0.15) is 21.9 Å². The molecule has 25 heavy (non-hydrogen) atoms. The molecule has 2 aromatic heterocycles. The molecule has 8 heteroatoms. The molecular formula is C17H16N2O5S. The van der Waals surface area contributed by atoms with Crippen molar-refractivity contribution in [1.29, 1.82) is 0 Å². The lowest BCUT2D eigenvalue weighted by molar-refractivity contribution is 0.0431. The lowest BCUT2D eigenvalue weighted by Gasteiger charge is -2.08. The average Bonchev–Trinajstić information content (AvgIpc) is 3.28. The van der Waals surface area contributed by atoms with Crippen molar-refractivity contribution in [3.05, 3.63) is 46.8 Å². The summed E-state index contributed by atoms with van der Waals surface area (Å²) in [4.78, 5) is 16.4. The zero-order valence-corrected chi connectivity index (χ0v) is 14.8. The molecule has 0 amide bonds. The summed E-state index contributed by atoms with van der Waals surface area (Å²) >= 11 is 1.35. The van der Waals surface area contributed by atoms with Crippen LogP contribution in [-0.4, -0.2) is 30.3 Å². The van der Waals surface area contributed by atoms with E-state index in [0.29, 0.717) is 22.3 Å². The molecule has 0 atom stereocenters. The highest BCUT2D eigenvalue weighted by Gasteiger charge is 2.15. The molecule has 0 radical (unpaired) electrons. The van der Waals surface area contributed by atoms with E-state index in [1.807, 2.05) is 12.1 Å². The molecule has 3 aromatic rings. The first-order chi connectivity index (χ1) is 12.1. The number of benzene rings is 1. The molecule has 7 nitrogen and oxygen atoms in total. The van der Waals surface area contributed by atoms with Gasteiger partial charge in [0.05, 0.1) is 19.9 Å². The topological polar surface area (TPSA) is 83.7 Å². The first kappa shape index (κ1) is 17.0. The van der Waals surface area contributed by atoms with Gasteiger partial charge in [0.2, 0.25) is 0 Å². The highest BCUT2D eigenvalue weighted by molar-refractivity contribution is 7.13. The second-order valence-electron chi connectivity index (χ2n) is 5.12. The Morgan fingerprint density at radius 3 is 2.68 bits per heavy atom. The van der Waals surface area contributed by atoms with Crippen molar-refractivity contribution < 1.29 is 23.5 Å². The normalized spacial score (nSPS) is 10.5. The van der Waals surface area contributed by atoms with Crippen molar-refractivity contribution in [3.63, 3.8) is 0 Å². The number of carbonyl (C=O) groups excluding carboxylic acids is 1. The lowest BCUT2D eigenvalue weighted by Crippen LogP contribution is -2.05. The number of rotatable bonds is 6. The van der Waals surface area contributed by atoms with E-state index < -0.39 is 5.97 Å². The number of methoxy groups -OCH3 is 2. The Kier molecular flexibility index (Phi) is 4.99. The summed E-state index contributed by atoms with van der Waals surface area (Å²) in [7, 11) is 3.14. The second-order valence-corrected chi connectivity index (χ2v) is 5.98. The Balaban J connectivity index is 1.72. The second kappa shape index (κ2) is 7.35. The maximum atomic E-state index is 12.1. The fourth-order valence-corrected chi connectivity index (χ4v) is 2.95.